The van der Waals surface area contributed by atoms with Crippen LogP contribution in [-0.4, -0.2) is 5.11 Å². The molecule has 1 nitrogen and oxygen atoms in total. The van der Waals surface area contributed by atoms with Crippen molar-refractivity contribution in [2.24, 2.45) is 0 Å². The van der Waals surface area contributed by atoms with E-state index in [-0.39, 0.29) is 0 Å². The fourth-order valence-electron chi connectivity index (χ4n) is 5.55. The molecule has 1 aliphatic carbocycles. The summed E-state index contributed by atoms with van der Waals surface area (Å²) in [5.74, 6) is 0. The predicted molar refractivity (Wildman–Crippen MR) is 139 cm³/mol. The molecule has 0 heterocycles. The van der Waals surface area contributed by atoms with Gasteiger partial charge in [-0.05, 0) is 76.8 Å². The Kier molecular flexibility index (Phi) is 5.91. The zero-order valence-electron chi connectivity index (χ0n) is 19.6. The molecule has 0 saturated heterocycles. The molecule has 0 unspecified atom stereocenters. The lowest BCUT2D eigenvalue weighted by molar-refractivity contribution is -0.0000875. The van der Waals surface area contributed by atoms with Crippen molar-refractivity contribution in [1.82, 2.24) is 0 Å². The molecule has 1 aliphatic rings. The Morgan fingerprint density at radius 1 is 0.515 bits per heavy atom. The molecule has 0 amide bonds. The fraction of sp³-hybridized carbons (Fsp3) is 0.250. The lowest BCUT2D eigenvalue weighted by atomic mass is 9.75. The van der Waals surface area contributed by atoms with Gasteiger partial charge >= 0.3 is 0 Å². The molecule has 1 N–H and O–H groups in total. The molecule has 1 fully saturated rings. The van der Waals surface area contributed by atoms with Crippen LogP contribution in [0.2, 0.25) is 0 Å². The van der Waals surface area contributed by atoms with Gasteiger partial charge in [-0.2, -0.15) is 0 Å². The number of aryl methyl sites for hydroxylation is 2. The summed E-state index contributed by atoms with van der Waals surface area (Å²) in [6.07, 6.45) is 5.02. The van der Waals surface area contributed by atoms with Crippen molar-refractivity contribution < 1.29 is 5.11 Å². The van der Waals surface area contributed by atoms with E-state index in [1.165, 1.54) is 45.4 Å². The van der Waals surface area contributed by atoms with Crippen LogP contribution in [0.25, 0.3) is 33.4 Å². The Labute approximate surface area is 197 Å². The normalized spacial score (nSPS) is 15.4. The van der Waals surface area contributed by atoms with Crippen LogP contribution in [0.5, 0.6) is 0 Å². The molecule has 1 saturated carbocycles. The highest BCUT2D eigenvalue weighted by molar-refractivity contribution is 5.96. The number of hydrogen-bond acceptors (Lipinski definition) is 1. The van der Waals surface area contributed by atoms with E-state index in [1.807, 2.05) is 0 Å². The zero-order valence-corrected chi connectivity index (χ0v) is 19.6. The molecule has 4 aromatic rings. The third-order valence-electron chi connectivity index (χ3n) is 7.31. The second-order valence-corrected chi connectivity index (χ2v) is 9.50. The van der Waals surface area contributed by atoms with Crippen molar-refractivity contribution in [3.63, 3.8) is 0 Å². The summed E-state index contributed by atoms with van der Waals surface area (Å²) >= 11 is 0. The summed E-state index contributed by atoms with van der Waals surface area (Å²) in [6, 6.07) is 32.4. The average Bonchev–Trinajstić information content (AvgIpc) is 2.85. The number of rotatable bonds is 4. The number of hydrogen-bond donors (Lipinski definition) is 1. The summed E-state index contributed by atoms with van der Waals surface area (Å²) < 4.78 is 0. The van der Waals surface area contributed by atoms with E-state index in [0.29, 0.717) is 0 Å². The molecule has 0 aliphatic heterocycles. The van der Waals surface area contributed by atoms with E-state index in [4.69, 9.17) is 0 Å². The van der Waals surface area contributed by atoms with Crippen LogP contribution in [0.3, 0.4) is 0 Å². The molecular formula is C32H32O. The van der Waals surface area contributed by atoms with E-state index in [0.717, 1.165) is 36.8 Å². The van der Waals surface area contributed by atoms with Gasteiger partial charge in [0.25, 0.3) is 0 Å². The number of benzene rings is 4. The van der Waals surface area contributed by atoms with Crippen molar-refractivity contribution in [3.8, 4) is 33.4 Å². The summed E-state index contributed by atoms with van der Waals surface area (Å²) in [6.45, 7) is 4.36. The van der Waals surface area contributed by atoms with Crippen LogP contribution < -0.4 is 0 Å². The lowest BCUT2D eigenvalue weighted by Crippen LogP contribution is -2.29. The van der Waals surface area contributed by atoms with Gasteiger partial charge in [-0.3, -0.25) is 0 Å². The summed E-state index contributed by atoms with van der Waals surface area (Å²) in [5.41, 5.74) is 10.1. The van der Waals surface area contributed by atoms with Crippen LogP contribution in [0.15, 0.2) is 91.0 Å². The van der Waals surface area contributed by atoms with Crippen molar-refractivity contribution in [2.45, 2.75) is 51.6 Å². The molecule has 0 atom stereocenters. The molecule has 0 bridgehead atoms. The Balaban J connectivity index is 1.84. The van der Waals surface area contributed by atoms with Crippen molar-refractivity contribution >= 4 is 0 Å². The monoisotopic (exact) mass is 432 g/mol. The molecule has 1 heteroatoms. The van der Waals surface area contributed by atoms with Gasteiger partial charge in [0.1, 0.15) is 0 Å². The highest BCUT2D eigenvalue weighted by atomic mass is 16.3. The van der Waals surface area contributed by atoms with Crippen molar-refractivity contribution in [2.75, 3.05) is 0 Å². The van der Waals surface area contributed by atoms with E-state index < -0.39 is 5.60 Å². The zero-order chi connectivity index (χ0) is 22.8. The first-order valence-corrected chi connectivity index (χ1v) is 12.2. The standard InChI is InChI=1S/C32H32O/c1-23-13-4-6-15-25(23)27-18-12-19-28(26-16-7-5-14-24(26)2)31(27)29-17-8-9-20-30(29)32(33)21-10-3-11-22-32/h4-9,12-20,33H,3,10-11,21-22H2,1-2H3. The van der Waals surface area contributed by atoms with Crippen LogP contribution in [0, 0.1) is 13.8 Å². The topological polar surface area (TPSA) is 20.2 Å². The quantitative estimate of drug-likeness (QED) is 0.343. The van der Waals surface area contributed by atoms with E-state index in [9.17, 15) is 5.11 Å². The molecule has 166 valence electrons. The Hall–Kier alpha value is -3.16. The van der Waals surface area contributed by atoms with Gasteiger partial charge in [0, 0.05) is 0 Å². The minimum atomic E-state index is -0.767. The molecular weight excluding hydrogens is 400 g/mol. The van der Waals surface area contributed by atoms with Gasteiger partial charge in [0.05, 0.1) is 5.60 Å². The average molecular weight is 433 g/mol. The molecule has 4 aromatic carbocycles. The number of aliphatic hydroxyl groups is 1. The van der Waals surface area contributed by atoms with Crippen LogP contribution >= 0.6 is 0 Å². The molecule has 33 heavy (non-hydrogen) atoms. The highest BCUT2D eigenvalue weighted by Gasteiger charge is 2.34. The third-order valence-corrected chi connectivity index (χ3v) is 7.31. The largest absolute Gasteiger partial charge is 0.385 e. The van der Waals surface area contributed by atoms with Gasteiger partial charge < -0.3 is 5.11 Å². The van der Waals surface area contributed by atoms with Crippen molar-refractivity contribution in [1.29, 1.82) is 0 Å². The van der Waals surface area contributed by atoms with E-state index >= 15 is 0 Å². The smallest absolute Gasteiger partial charge is 0.0902 e. The van der Waals surface area contributed by atoms with Gasteiger partial charge in [0.15, 0.2) is 0 Å². The highest BCUT2D eigenvalue weighted by Crippen LogP contribution is 2.47. The maximum Gasteiger partial charge on any atom is 0.0902 e. The maximum absolute atomic E-state index is 11.8. The van der Waals surface area contributed by atoms with Gasteiger partial charge in [-0.25, -0.2) is 0 Å². The second-order valence-electron chi connectivity index (χ2n) is 9.50. The third kappa shape index (κ3) is 4.03. The fourth-order valence-corrected chi connectivity index (χ4v) is 5.55. The maximum atomic E-state index is 11.8. The van der Waals surface area contributed by atoms with Gasteiger partial charge in [0.2, 0.25) is 0 Å². The molecule has 0 aromatic heterocycles. The van der Waals surface area contributed by atoms with Crippen LogP contribution in [0.4, 0.5) is 0 Å². The first-order chi connectivity index (χ1) is 16.1. The minimum Gasteiger partial charge on any atom is -0.385 e. The van der Waals surface area contributed by atoms with E-state index in [1.54, 1.807) is 0 Å². The minimum absolute atomic E-state index is 0.767. The molecule has 0 radical (unpaired) electrons. The predicted octanol–water partition coefficient (Wildman–Crippen LogP) is 8.46. The van der Waals surface area contributed by atoms with Crippen molar-refractivity contribution in [3.05, 3.63) is 108 Å². The first kappa shape index (κ1) is 21.7. The van der Waals surface area contributed by atoms with Gasteiger partial charge in [-0.15, -0.1) is 0 Å². The summed E-state index contributed by atoms with van der Waals surface area (Å²) in [7, 11) is 0. The Bertz CT molecular complexity index is 1210. The lowest BCUT2D eigenvalue weighted by Gasteiger charge is -2.35. The van der Waals surface area contributed by atoms with Gasteiger partial charge in [-0.1, -0.05) is 110 Å². The second kappa shape index (κ2) is 9.00. The molecule has 0 spiro atoms. The first-order valence-electron chi connectivity index (χ1n) is 12.2. The Morgan fingerprint density at radius 3 is 1.52 bits per heavy atom. The SMILES string of the molecule is Cc1ccccc1-c1cccc(-c2ccccc2C)c1-c1ccccc1C1(O)CCCCC1. The summed E-state index contributed by atoms with van der Waals surface area (Å²) in [5, 5.41) is 11.8. The van der Waals surface area contributed by atoms with E-state index in [2.05, 4.69) is 105 Å². The van der Waals surface area contributed by atoms with Crippen LogP contribution in [0.1, 0.15) is 48.8 Å². The summed E-state index contributed by atoms with van der Waals surface area (Å²) in [4.78, 5) is 0. The molecule has 5 rings (SSSR count). The van der Waals surface area contributed by atoms with Crippen LogP contribution in [-0.2, 0) is 5.60 Å². The Morgan fingerprint density at radius 2 is 0.970 bits per heavy atom.